The van der Waals surface area contributed by atoms with Crippen LogP contribution in [0.1, 0.15) is 28.8 Å². The highest BCUT2D eigenvalue weighted by Gasteiger charge is 2.52. The monoisotopic (exact) mass is 456 g/mol. The van der Waals surface area contributed by atoms with Crippen LogP contribution in [0.15, 0.2) is 48.9 Å². The Morgan fingerprint density at radius 3 is 2.50 bits per heavy atom. The van der Waals surface area contributed by atoms with Crippen molar-refractivity contribution in [3.8, 4) is 11.3 Å². The van der Waals surface area contributed by atoms with E-state index in [9.17, 15) is 4.79 Å². The van der Waals surface area contributed by atoms with E-state index in [4.69, 9.17) is 14.7 Å². The molecule has 2 aromatic heterocycles. The molecule has 3 aliphatic rings. The number of fused-ring (bicyclic) bond motifs is 2. The van der Waals surface area contributed by atoms with Crippen LogP contribution in [-0.2, 0) is 10.2 Å². The predicted molar refractivity (Wildman–Crippen MR) is 131 cm³/mol. The Morgan fingerprint density at radius 2 is 1.79 bits per heavy atom. The van der Waals surface area contributed by atoms with Crippen molar-refractivity contribution in [2.45, 2.75) is 18.3 Å². The molecule has 1 spiro atoms. The van der Waals surface area contributed by atoms with Crippen LogP contribution in [-0.4, -0.2) is 72.7 Å². The number of carbonyl (C=O) groups is 1. The standard InChI is InChI=1S/C26H28N6O2/c1-30(2)20-5-8-27-22(14-20)19-15-28-25(29-16-19)32-17-26(6-7-26)21-4-3-18(13-23(21)32)24(33)31-9-11-34-12-10-31/h3-5,8,13-16H,6-7,9-12,17H2,1-2H3. The third-order valence-electron chi connectivity index (χ3n) is 7.15. The fraction of sp³-hybridized carbons (Fsp3) is 0.385. The van der Waals surface area contributed by atoms with Crippen LogP contribution < -0.4 is 9.80 Å². The van der Waals surface area contributed by atoms with Crippen molar-refractivity contribution >= 4 is 23.2 Å². The summed E-state index contributed by atoms with van der Waals surface area (Å²) in [5.74, 6) is 0.722. The van der Waals surface area contributed by atoms with Crippen LogP contribution in [0.4, 0.5) is 17.3 Å². The summed E-state index contributed by atoms with van der Waals surface area (Å²) in [5.41, 5.74) is 6.04. The number of benzene rings is 1. The van der Waals surface area contributed by atoms with Crippen molar-refractivity contribution in [2.75, 3.05) is 56.7 Å². The van der Waals surface area contributed by atoms with E-state index in [-0.39, 0.29) is 11.3 Å². The van der Waals surface area contributed by atoms with Crippen LogP contribution in [0.5, 0.6) is 0 Å². The fourth-order valence-corrected chi connectivity index (χ4v) is 4.96. The zero-order chi connectivity index (χ0) is 23.3. The Morgan fingerprint density at radius 1 is 1.03 bits per heavy atom. The molecule has 6 rings (SSSR count). The maximum absolute atomic E-state index is 13.1. The summed E-state index contributed by atoms with van der Waals surface area (Å²) >= 11 is 0. The Labute approximate surface area is 199 Å². The number of anilines is 3. The lowest BCUT2D eigenvalue weighted by Crippen LogP contribution is -2.40. The quantitative estimate of drug-likeness (QED) is 0.597. The highest BCUT2D eigenvalue weighted by atomic mass is 16.5. The van der Waals surface area contributed by atoms with Crippen molar-refractivity contribution in [3.05, 3.63) is 60.0 Å². The first-order chi connectivity index (χ1) is 16.5. The lowest BCUT2D eigenvalue weighted by molar-refractivity contribution is 0.0303. The number of rotatable bonds is 4. The van der Waals surface area contributed by atoms with E-state index >= 15 is 0 Å². The van der Waals surface area contributed by atoms with Gasteiger partial charge in [-0.2, -0.15) is 0 Å². The second kappa shape index (κ2) is 8.06. The Hall–Kier alpha value is -3.52. The molecule has 3 aromatic rings. The topological polar surface area (TPSA) is 74.7 Å². The molecule has 2 aliphatic heterocycles. The summed E-state index contributed by atoms with van der Waals surface area (Å²) in [4.78, 5) is 33.1. The lowest BCUT2D eigenvalue weighted by atomic mass is 9.97. The summed E-state index contributed by atoms with van der Waals surface area (Å²) in [6.45, 7) is 3.32. The van der Waals surface area contributed by atoms with Gasteiger partial charge in [0.15, 0.2) is 0 Å². The summed E-state index contributed by atoms with van der Waals surface area (Å²) in [5, 5.41) is 0. The van der Waals surface area contributed by atoms with Crippen LogP contribution in [0.3, 0.4) is 0 Å². The number of pyridine rings is 1. The minimum absolute atomic E-state index is 0.0610. The number of aromatic nitrogens is 3. The number of ether oxygens (including phenoxy) is 1. The lowest BCUT2D eigenvalue weighted by Gasteiger charge is -2.27. The van der Waals surface area contributed by atoms with Gasteiger partial charge in [-0.1, -0.05) is 6.07 Å². The minimum Gasteiger partial charge on any atom is -0.378 e. The predicted octanol–water partition coefficient (Wildman–Crippen LogP) is 3.26. The van der Waals surface area contributed by atoms with Crippen LogP contribution in [0, 0.1) is 0 Å². The van der Waals surface area contributed by atoms with Crippen molar-refractivity contribution in [3.63, 3.8) is 0 Å². The molecule has 4 heterocycles. The number of hydrogen-bond donors (Lipinski definition) is 0. The normalized spacial score (nSPS) is 18.2. The average Bonchev–Trinajstić information content (AvgIpc) is 3.60. The SMILES string of the molecule is CN(C)c1ccnc(-c2cnc(N3CC4(CC4)c4ccc(C(=O)N5CCOCC5)cc43)nc2)c1. The molecule has 0 radical (unpaired) electrons. The van der Waals surface area contributed by atoms with Crippen molar-refractivity contribution in [1.29, 1.82) is 0 Å². The Balaban J connectivity index is 1.31. The van der Waals surface area contributed by atoms with Gasteiger partial charge in [0.25, 0.3) is 5.91 Å². The van der Waals surface area contributed by atoms with Gasteiger partial charge >= 0.3 is 0 Å². The zero-order valence-corrected chi connectivity index (χ0v) is 19.6. The highest BCUT2D eigenvalue weighted by molar-refractivity contribution is 5.96. The highest BCUT2D eigenvalue weighted by Crippen LogP contribution is 2.57. The molecule has 1 saturated carbocycles. The van der Waals surface area contributed by atoms with E-state index in [0.717, 1.165) is 42.0 Å². The van der Waals surface area contributed by atoms with Gasteiger partial charge in [-0.05, 0) is 42.7 Å². The molecule has 0 N–H and O–H groups in total. The van der Waals surface area contributed by atoms with Crippen LogP contribution in [0.2, 0.25) is 0 Å². The van der Waals surface area contributed by atoms with Gasteiger partial charge in [0.2, 0.25) is 5.95 Å². The first-order valence-corrected chi connectivity index (χ1v) is 11.8. The minimum atomic E-state index is 0.0610. The second-order valence-corrected chi connectivity index (χ2v) is 9.57. The van der Waals surface area contributed by atoms with E-state index in [1.807, 2.05) is 60.6 Å². The van der Waals surface area contributed by atoms with Gasteiger partial charge in [0.1, 0.15) is 0 Å². The molecule has 8 nitrogen and oxygen atoms in total. The van der Waals surface area contributed by atoms with E-state index in [0.29, 0.717) is 37.8 Å². The number of carbonyl (C=O) groups excluding carboxylic acids is 1. The van der Waals surface area contributed by atoms with Crippen molar-refractivity contribution in [2.24, 2.45) is 0 Å². The largest absolute Gasteiger partial charge is 0.378 e. The molecule has 0 unspecified atom stereocenters. The van der Waals surface area contributed by atoms with Crippen molar-refractivity contribution in [1.82, 2.24) is 19.9 Å². The van der Waals surface area contributed by atoms with Crippen molar-refractivity contribution < 1.29 is 9.53 Å². The Bertz CT molecular complexity index is 1230. The molecule has 1 saturated heterocycles. The van der Waals surface area contributed by atoms with Gasteiger partial charge in [-0.25, -0.2) is 9.97 Å². The summed E-state index contributed by atoms with van der Waals surface area (Å²) < 4.78 is 5.40. The Kier molecular flexibility index (Phi) is 4.99. The molecule has 1 amide bonds. The summed E-state index contributed by atoms with van der Waals surface area (Å²) in [7, 11) is 4.02. The van der Waals surface area contributed by atoms with E-state index in [2.05, 4.69) is 16.0 Å². The molecular weight excluding hydrogens is 428 g/mol. The molecule has 0 atom stereocenters. The molecule has 34 heavy (non-hydrogen) atoms. The van der Waals surface area contributed by atoms with Gasteiger partial charge in [-0.15, -0.1) is 0 Å². The number of hydrogen-bond acceptors (Lipinski definition) is 7. The smallest absolute Gasteiger partial charge is 0.254 e. The molecule has 1 aliphatic carbocycles. The maximum atomic E-state index is 13.1. The molecule has 8 heteroatoms. The maximum Gasteiger partial charge on any atom is 0.254 e. The van der Waals surface area contributed by atoms with E-state index in [1.165, 1.54) is 5.56 Å². The fourth-order valence-electron chi connectivity index (χ4n) is 4.96. The summed E-state index contributed by atoms with van der Waals surface area (Å²) in [6, 6.07) is 10.2. The number of amides is 1. The molecule has 0 bridgehead atoms. The third kappa shape index (κ3) is 3.58. The molecule has 2 fully saturated rings. The first kappa shape index (κ1) is 21.0. The van der Waals surface area contributed by atoms with Gasteiger partial charge in [0, 0.05) is 80.2 Å². The molecular formula is C26H28N6O2. The zero-order valence-electron chi connectivity index (χ0n) is 19.6. The molecule has 1 aromatic carbocycles. The van der Waals surface area contributed by atoms with Gasteiger partial charge < -0.3 is 19.4 Å². The van der Waals surface area contributed by atoms with Crippen LogP contribution in [0.25, 0.3) is 11.3 Å². The van der Waals surface area contributed by atoms with E-state index < -0.39 is 0 Å². The number of morpholine rings is 1. The molecule has 174 valence electrons. The van der Waals surface area contributed by atoms with Gasteiger partial charge in [0.05, 0.1) is 18.9 Å². The second-order valence-electron chi connectivity index (χ2n) is 9.57. The first-order valence-electron chi connectivity index (χ1n) is 11.8. The van der Waals surface area contributed by atoms with Crippen LogP contribution >= 0.6 is 0 Å². The summed E-state index contributed by atoms with van der Waals surface area (Å²) in [6.07, 6.45) is 7.80. The number of nitrogens with zero attached hydrogens (tertiary/aromatic N) is 6. The van der Waals surface area contributed by atoms with E-state index in [1.54, 1.807) is 6.20 Å². The average molecular weight is 457 g/mol. The van der Waals surface area contributed by atoms with Gasteiger partial charge in [-0.3, -0.25) is 9.78 Å². The third-order valence-corrected chi connectivity index (χ3v) is 7.15.